The summed E-state index contributed by atoms with van der Waals surface area (Å²) in [4.78, 5) is 21.1. The number of amides is 1. The van der Waals surface area contributed by atoms with Crippen LogP contribution in [-0.2, 0) is 11.2 Å². The van der Waals surface area contributed by atoms with Crippen molar-refractivity contribution in [2.45, 2.75) is 19.8 Å². The first-order valence-electron chi connectivity index (χ1n) is 9.88. The quantitative estimate of drug-likeness (QED) is 0.618. The van der Waals surface area contributed by atoms with Crippen LogP contribution in [0.15, 0.2) is 59.1 Å². The van der Waals surface area contributed by atoms with Crippen molar-refractivity contribution >= 4 is 23.2 Å². The van der Waals surface area contributed by atoms with Crippen molar-refractivity contribution in [2.24, 2.45) is 0 Å². The van der Waals surface area contributed by atoms with Gasteiger partial charge in [-0.15, -0.1) is 0 Å². The lowest BCUT2D eigenvalue weighted by Gasteiger charge is -2.36. The lowest BCUT2D eigenvalue weighted by Crippen LogP contribution is -2.48. The number of carbonyl (C=O) groups is 1. The minimum atomic E-state index is 0.144. The van der Waals surface area contributed by atoms with Crippen molar-refractivity contribution in [3.8, 4) is 11.3 Å². The molecule has 0 radical (unpaired) electrons. The van der Waals surface area contributed by atoms with Gasteiger partial charge in [-0.05, 0) is 25.1 Å². The minimum absolute atomic E-state index is 0.144. The van der Waals surface area contributed by atoms with Crippen LogP contribution in [0.1, 0.15) is 17.9 Å². The fraction of sp³-hybridized carbons (Fsp3) is 0.304. The Morgan fingerprint density at radius 2 is 1.86 bits per heavy atom. The van der Waals surface area contributed by atoms with Crippen LogP contribution in [0.2, 0.25) is 5.02 Å². The predicted octanol–water partition coefficient (Wildman–Crippen LogP) is 4.58. The highest BCUT2D eigenvalue weighted by molar-refractivity contribution is 6.30. The third-order valence-electron chi connectivity index (χ3n) is 5.25. The molecule has 0 atom stereocenters. The summed E-state index contributed by atoms with van der Waals surface area (Å²) in [5.41, 5.74) is 3.31. The van der Waals surface area contributed by atoms with Gasteiger partial charge in [-0.1, -0.05) is 47.5 Å². The summed E-state index contributed by atoms with van der Waals surface area (Å²) in [6.07, 6.45) is 2.65. The van der Waals surface area contributed by atoms with E-state index in [1.807, 2.05) is 47.4 Å². The van der Waals surface area contributed by atoms with E-state index in [1.54, 1.807) is 6.20 Å². The van der Waals surface area contributed by atoms with E-state index in [1.165, 1.54) is 5.56 Å². The van der Waals surface area contributed by atoms with Gasteiger partial charge in [0.2, 0.25) is 5.91 Å². The average molecular weight is 410 g/mol. The number of aromatic nitrogens is 1. The first-order valence-corrected chi connectivity index (χ1v) is 10.3. The number of hydrogen-bond donors (Lipinski definition) is 0. The van der Waals surface area contributed by atoms with E-state index in [2.05, 4.69) is 22.9 Å². The highest BCUT2D eigenvalue weighted by Gasteiger charge is 2.21. The molecule has 0 unspecified atom stereocenters. The van der Waals surface area contributed by atoms with Crippen LogP contribution in [0, 0.1) is 6.92 Å². The van der Waals surface area contributed by atoms with Crippen molar-refractivity contribution in [1.29, 1.82) is 0 Å². The highest BCUT2D eigenvalue weighted by Crippen LogP contribution is 2.23. The molecule has 29 heavy (non-hydrogen) atoms. The Labute approximate surface area is 175 Å². The maximum atomic E-state index is 12.6. The number of benzene rings is 2. The SMILES string of the molecule is Cc1ccc(-c2cnc(CCC(=O)N3CCN(c4cccc(Cl)c4)CC3)o2)cc1. The Morgan fingerprint density at radius 1 is 1.10 bits per heavy atom. The van der Waals surface area contributed by atoms with Crippen molar-refractivity contribution in [3.05, 3.63) is 71.2 Å². The molecule has 0 bridgehead atoms. The van der Waals surface area contributed by atoms with Gasteiger partial charge in [0.25, 0.3) is 0 Å². The second-order valence-corrected chi connectivity index (χ2v) is 7.77. The molecule has 1 amide bonds. The molecule has 0 saturated carbocycles. The van der Waals surface area contributed by atoms with Gasteiger partial charge in [0, 0.05) is 55.3 Å². The Balaban J connectivity index is 1.28. The summed E-state index contributed by atoms with van der Waals surface area (Å²) in [6, 6.07) is 16.0. The minimum Gasteiger partial charge on any atom is -0.441 e. The number of hydrogen-bond acceptors (Lipinski definition) is 4. The summed E-state index contributed by atoms with van der Waals surface area (Å²) in [7, 11) is 0. The second-order valence-electron chi connectivity index (χ2n) is 7.33. The second kappa shape index (κ2) is 8.70. The molecule has 150 valence electrons. The van der Waals surface area contributed by atoms with Crippen LogP contribution in [0.25, 0.3) is 11.3 Å². The number of nitrogens with zero attached hydrogens (tertiary/aromatic N) is 3. The van der Waals surface area contributed by atoms with Crippen LogP contribution in [0.5, 0.6) is 0 Å². The highest BCUT2D eigenvalue weighted by atomic mass is 35.5. The molecular formula is C23H24ClN3O2. The molecule has 2 heterocycles. The van der Waals surface area contributed by atoms with E-state index in [4.69, 9.17) is 16.0 Å². The number of carbonyl (C=O) groups excluding carboxylic acids is 1. The maximum Gasteiger partial charge on any atom is 0.223 e. The molecule has 0 spiro atoms. The molecule has 3 aromatic rings. The number of piperazine rings is 1. The van der Waals surface area contributed by atoms with Crippen LogP contribution in [0.3, 0.4) is 0 Å². The van der Waals surface area contributed by atoms with Gasteiger partial charge >= 0.3 is 0 Å². The molecule has 1 saturated heterocycles. The molecule has 1 fully saturated rings. The summed E-state index contributed by atoms with van der Waals surface area (Å²) >= 11 is 6.08. The number of oxazole rings is 1. The van der Waals surface area contributed by atoms with Crippen molar-refractivity contribution < 1.29 is 9.21 Å². The summed E-state index contributed by atoms with van der Waals surface area (Å²) in [6.45, 7) is 5.10. The molecule has 0 N–H and O–H groups in total. The summed E-state index contributed by atoms with van der Waals surface area (Å²) in [5, 5.41) is 0.733. The molecule has 6 heteroatoms. The first-order chi connectivity index (χ1) is 14.1. The van der Waals surface area contributed by atoms with E-state index >= 15 is 0 Å². The van der Waals surface area contributed by atoms with Crippen molar-refractivity contribution in [2.75, 3.05) is 31.1 Å². The van der Waals surface area contributed by atoms with Gasteiger partial charge in [-0.3, -0.25) is 4.79 Å². The molecule has 0 aliphatic carbocycles. The Kier molecular flexibility index (Phi) is 5.86. The van der Waals surface area contributed by atoms with Crippen LogP contribution >= 0.6 is 11.6 Å². The fourth-order valence-corrected chi connectivity index (χ4v) is 3.72. The molecular weight excluding hydrogens is 386 g/mol. The third kappa shape index (κ3) is 4.80. The topological polar surface area (TPSA) is 49.6 Å². The van der Waals surface area contributed by atoms with Crippen LogP contribution in [-0.4, -0.2) is 42.0 Å². The summed E-state index contributed by atoms with van der Waals surface area (Å²) < 4.78 is 5.83. The zero-order valence-corrected chi connectivity index (χ0v) is 17.2. The number of halogens is 1. The van der Waals surface area contributed by atoms with Gasteiger partial charge in [-0.2, -0.15) is 0 Å². The summed E-state index contributed by atoms with van der Waals surface area (Å²) in [5.74, 6) is 1.49. The third-order valence-corrected chi connectivity index (χ3v) is 5.48. The van der Waals surface area contributed by atoms with Gasteiger partial charge in [0.1, 0.15) is 0 Å². The molecule has 1 aliphatic rings. The molecule has 2 aromatic carbocycles. The van der Waals surface area contributed by atoms with Crippen LogP contribution < -0.4 is 4.90 Å². The molecule has 1 aliphatic heterocycles. The van der Waals surface area contributed by atoms with E-state index in [0.29, 0.717) is 31.8 Å². The Bertz CT molecular complexity index is 976. The molecule has 4 rings (SSSR count). The van der Waals surface area contributed by atoms with E-state index in [9.17, 15) is 4.79 Å². The monoisotopic (exact) mass is 409 g/mol. The maximum absolute atomic E-state index is 12.6. The fourth-order valence-electron chi connectivity index (χ4n) is 3.54. The van der Waals surface area contributed by atoms with E-state index in [0.717, 1.165) is 35.1 Å². The van der Waals surface area contributed by atoms with E-state index in [-0.39, 0.29) is 5.91 Å². The zero-order valence-electron chi connectivity index (χ0n) is 16.5. The Morgan fingerprint density at radius 3 is 2.59 bits per heavy atom. The lowest BCUT2D eigenvalue weighted by atomic mass is 10.1. The normalized spacial score (nSPS) is 14.3. The van der Waals surface area contributed by atoms with Gasteiger partial charge in [0.15, 0.2) is 11.7 Å². The standard InChI is InChI=1S/C23H24ClN3O2/c1-17-5-7-18(8-6-17)21-16-25-22(29-21)9-10-23(28)27-13-11-26(12-14-27)20-4-2-3-19(24)15-20/h2-8,15-16H,9-14H2,1H3. The van der Waals surface area contributed by atoms with Gasteiger partial charge in [-0.25, -0.2) is 4.98 Å². The predicted molar refractivity (Wildman–Crippen MR) is 115 cm³/mol. The number of aryl methyl sites for hydroxylation is 2. The lowest BCUT2D eigenvalue weighted by molar-refractivity contribution is -0.131. The first kappa shape index (κ1) is 19.5. The van der Waals surface area contributed by atoms with Crippen molar-refractivity contribution in [1.82, 2.24) is 9.88 Å². The molecule has 5 nitrogen and oxygen atoms in total. The van der Waals surface area contributed by atoms with Gasteiger partial charge in [0.05, 0.1) is 6.20 Å². The Hall–Kier alpha value is -2.79. The number of anilines is 1. The van der Waals surface area contributed by atoms with Crippen molar-refractivity contribution in [3.63, 3.8) is 0 Å². The zero-order chi connectivity index (χ0) is 20.2. The molecule has 1 aromatic heterocycles. The van der Waals surface area contributed by atoms with Gasteiger partial charge < -0.3 is 14.2 Å². The van der Waals surface area contributed by atoms with E-state index < -0.39 is 0 Å². The van der Waals surface area contributed by atoms with Crippen LogP contribution in [0.4, 0.5) is 5.69 Å². The smallest absolute Gasteiger partial charge is 0.223 e. The largest absolute Gasteiger partial charge is 0.441 e. The average Bonchev–Trinajstić information content (AvgIpc) is 3.22. The number of rotatable bonds is 5.